The maximum absolute atomic E-state index is 12.6. The Bertz CT molecular complexity index is 528. The van der Waals surface area contributed by atoms with Crippen LogP contribution in [0.15, 0.2) is 18.2 Å². The zero-order valence-electron chi connectivity index (χ0n) is 11.0. The molecular formula is C15H19N3O. The molecule has 0 aromatic heterocycles. The Labute approximate surface area is 113 Å². The number of carbonyl (C=O) groups is 1. The normalized spacial score (nSPS) is 27.7. The van der Waals surface area contributed by atoms with E-state index in [1.165, 1.54) is 19.3 Å². The van der Waals surface area contributed by atoms with E-state index in [1.807, 2.05) is 18.2 Å². The number of amides is 1. The van der Waals surface area contributed by atoms with E-state index in [2.05, 4.69) is 15.5 Å². The summed E-state index contributed by atoms with van der Waals surface area (Å²) in [5.41, 5.74) is 2.98. The highest BCUT2D eigenvalue weighted by Gasteiger charge is 2.40. The number of rotatable bonds is 1. The Hall–Kier alpha value is -1.71. The van der Waals surface area contributed by atoms with Crippen LogP contribution >= 0.6 is 0 Å². The zero-order valence-corrected chi connectivity index (χ0v) is 11.0. The molecule has 1 aliphatic carbocycles. The summed E-state index contributed by atoms with van der Waals surface area (Å²) in [6, 6.07) is 6.46. The summed E-state index contributed by atoms with van der Waals surface area (Å²) in [7, 11) is 0. The molecule has 2 atom stereocenters. The van der Waals surface area contributed by atoms with Gasteiger partial charge in [-0.25, -0.2) is 0 Å². The van der Waals surface area contributed by atoms with E-state index in [4.69, 9.17) is 0 Å². The van der Waals surface area contributed by atoms with Crippen molar-refractivity contribution >= 4 is 17.3 Å². The molecule has 1 aromatic carbocycles. The highest BCUT2D eigenvalue weighted by molar-refractivity contribution is 5.97. The number of likely N-dealkylation sites (tertiary alicyclic amines) is 1. The van der Waals surface area contributed by atoms with Gasteiger partial charge in [0.15, 0.2) is 0 Å². The first-order chi connectivity index (χ1) is 9.31. The third-order valence-corrected chi connectivity index (χ3v) is 4.69. The molecule has 1 amide bonds. The number of nitrogens with one attached hydrogen (secondary N) is 2. The van der Waals surface area contributed by atoms with Crippen LogP contribution in [-0.2, 0) is 0 Å². The predicted octanol–water partition coefficient (Wildman–Crippen LogP) is 2.15. The minimum Gasteiger partial charge on any atom is -0.382 e. The van der Waals surface area contributed by atoms with Crippen LogP contribution in [0.5, 0.6) is 0 Å². The average molecular weight is 257 g/mol. The molecule has 1 saturated carbocycles. The third-order valence-electron chi connectivity index (χ3n) is 4.69. The number of fused-ring (bicyclic) bond motifs is 3. The molecule has 19 heavy (non-hydrogen) atoms. The fourth-order valence-corrected chi connectivity index (χ4v) is 3.71. The lowest BCUT2D eigenvalue weighted by Gasteiger charge is -2.28. The molecule has 4 nitrogen and oxygen atoms in total. The molecule has 2 aliphatic heterocycles. The van der Waals surface area contributed by atoms with Gasteiger partial charge in [-0.05, 0) is 43.4 Å². The molecule has 1 aromatic rings. The molecule has 2 fully saturated rings. The Balaban J connectivity index is 1.60. The molecule has 3 aliphatic rings. The van der Waals surface area contributed by atoms with Gasteiger partial charge >= 0.3 is 0 Å². The summed E-state index contributed by atoms with van der Waals surface area (Å²) >= 11 is 0. The summed E-state index contributed by atoms with van der Waals surface area (Å²) in [5.74, 6) is 0.966. The Morgan fingerprint density at radius 3 is 2.74 bits per heavy atom. The molecular weight excluding hydrogens is 238 g/mol. The summed E-state index contributed by atoms with van der Waals surface area (Å²) in [4.78, 5) is 14.7. The van der Waals surface area contributed by atoms with E-state index in [0.29, 0.717) is 6.04 Å². The standard InChI is InChI=1S/C15H19N3O/c19-15(18-9-10-1-3-12(18)7-10)11-2-4-13-14(8-11)17-6-5-16-13/h2,4,8,10,12,16-17H,1,3,5-7,9H2. The summed E-state index contributed by atoms with van der Waals surface area (Å²) in [5, 5.41) is 6.69. The number of anilines is 2. The lowest BCUT2D eigenvalue weighted by Crippen LogP contribution is -2.37. The van der Waals surface area contributed by atoms with Crippen molar-refractivity contribution in [1.82, 2.24) is 4.90 Å². The van der Waals surface area contributed by atoms with Gasteiger partial charge in [-0.3, -0.25) is 4.79 Å². The first-order valence-electron chi connectivity index (χ1n) is 7.24. The number of nitrogens with zero attached hydrogens (tertiary/aromatic N) is 1. The molecule has 2 heterocycles. The van der Waals surface area contributed by atoms with Crippen LogP contribution in [0.4, 0.5) is 11.4 Å². The van der Waals surface area contributed by atoms with E-state index in [0.717, 1.165) is 42.5 Å². The predicted molar refractivity (Wildman–Crippen MR) is 75.6 cm³/mol. The topological polar surface area (TPSA) is 44.4 Å². The van der Waals surface area contributed by atoms with E-state index < -0.39 is 0 Å². The minimum absolute atomic E-state index is 0.211. The zero-order chi connectivity index (χ0) is 12.8. The maximum atomic E-state index is 12.6. The van der Waals surface area contributed by atoms with Gasteiger partial charge in [0.1, 0.15) is 0 Å². The van der Waals surface area contributed by atoms with Crippen molar-refractivity contribution in [1.29, 1.82) is 0 Å². The Morgan fingerprint density at radius 2 is 2.00 bits per heavy atom. The number of carbonyl (C=O) groups excluding carboxylic acids is 1. The molecule has 4 rings (SSSR count). The van der Waals surface area contributed by atoms with Crippen molar-refractivity contribution in [3.8, 4) is 0 Å². The van der Waals surface area contributed by atoms with Crippen molar-refractivity contribution in [2.24, 2.45) is 5.92 Å². The lowest BCUT2D eigenvalue weighted by atomic mass is 10.1. The lowest BCUT2D eigenvalue weighted by molar-refractivity contribution is 0.0703. The molecule has 0 spiro atoms. The smallest absolute Gasteiger partial charge is 0.254 e. The summed E-state index contributed by atoms with van der Waals surface area (Å²) in [6.07, 6.45) is 3.72. The van der Waals surface area contributed by atoms with Crippen molar-refractivity contribution in [2.75, 3.05) is 30.3 Å². The van der Waals surface area contributed by atoms with Crippen LogP contribution in [0, 0.1) is 5.92 Å². The highest BCUT2D eigenvalue weighted by Crippen LogP contribution is 2.38. The largest absolute Gasteiger partial charge is 0.382 e. The first kappa shape index (κ1) is 11.1. The highest BCUT2D eigenvalue weighted by atomic mass is 16.2. The summed E-state index contributed by atoms with van der Waals surface area (Å²) < 4.78 is 0. The summed E-state index contributed by atoms with van der Waals surface area (Å²) in [6.45, 7) is 2.82. The van der Waals surface area contributed by atoms with E-state index >= 15 is 0 Å². The SMILES string of the molecule is O=C(c1ccc2c(c1)NCCN2)N1CC2CCC1C2. The molecule has 2 N–H and O–H groups in total. The first-order valence-corrected chi connectivity index (χ1v) is 7.24. The van der Waals surface area contributed by atoms with Gasteiger partial charge < -0.3 is 15.5 Å². The molecule has 4 heteroatoms. The van der Waals surface area contributed by atoms with Gasteiger partial charge in [0.05, 0.1) is 11.4 Å². The molecule has 1 saturated heterocycles. The second-order valence-electron chi connectivity index (χ2n) is 5.90. The van der Waals surface area contributed by atoms with Gasteiger partial charge in [-0.15, -0.1) is 0 Å². The second-order valence-corrected chi connectivity index (χ2v) is 5.90. The van der Waals surface area contributed by atoms with E-state index in [9.17, 15) is 4.79 Å². The monoisotopic (exact) mass is 257 g/mol. The Morgan fingerprint density at radius 1 is 1.16 bits per heavy atom. The van der Waals surface area contributed by atoms with Crippen LogP contribution in [0.1, 0.15) is 29.6 Å². The van der Waals surface area contributed by atoms with Crippen molar-refractivity contribution in [3.63, 3.8) is 0 Å². The van der Waals surface area contributed by atoms with Crippen molar-refractivity contribution in [2.45, 2.75) is 25.3 Å². The van der Waals surface area contributed by atoms with Crippen molar-refractivity contribution < 1.29 is 4.79 Å². The van der Waals surface area contributed by atoms with E-state index in [-0.39, 0.29) is 5.91 Å². The maximum Gasteiger partial charge on any atom is 0.254 e. The van der Waals surface area contributed by atoms with Crippen molar-refractivity contribution in [3.05, 3.63) is 23.8 Å². The van der Waals surface area contributed by atoms with Gasteiger partial charge in [-0.2, -0.15) is 0 Å². The van der Waals surface area contributed by atoms with Crippen LogP contribution in [-0.4, -0.2) is 36.5 Å². The number of hydrogen-bond acceptors (Lipinski definition) is 3. The van der Waals surface area contributed by atoms with Crippen LogP contribution in [0.25, 0.3) is 0 Å². The van der Waals surface area contributed by atoms with Crippen LogP contribution < -0.4 is 10.6 Å². The minimum atomic E-state index is 0.211. The fraction of sp³-hybridized carbons (Fsp3) is 0.533. The molecule has 100 valence electrons. The number of hydrogen-bond donors (Lipinski definition) is 2. The average Bonchev–Trinajstić information content (AvgIpc) is 3.08. The third kappa shape index (κ3) is 1.78. The molecule has 2 bridgehead atoms. The van der Waals surface area contributed by atoms with Crippen LogP contribution in [0.2, 0.25) is 0 Å². The Kier molecular flexibility index (Phi) is 2.43. The van der Waals surface area contributed by atoms with Crippen LogP contribution in [0.3, 0.4) is 0 Å². The molecule has 2 unspecified atom stereocenters. The number of piperidine rings is 1. The van der Waals surface area contributed by atoms with Gasteiger partial charge in [0, 0.05) is 31.2 Å². The van der Waals surface area contributed by atoms with Gasteiger partial charge in [-0.1, -0.05) is 0 Å². The van der Waals surface area contributed by atoms with E-state index in [1.54, 1.807) is 0 Å². The quantitative estimate of drug-likeness (QED) is 0.810. The molecule has 0 radical (unpaired) electrons. The van der Waals surface area contributed by atoms with Gasteiger partial charge in [0.2, 0.25) is 0 Å². The fourth-order valence-electron chi connectivity index (χ4n) is 3.71. The second kappa shape index (κ2) is 4.15. The van der Waals surface area contributed by atoms with Gasteiger partial charge in [0.25, 0.3) is 5.91 Å². The number of benzene rings is 1.